The number of carbonyl (C=O) groups is 1. The first-order valence-electron chi connectivity index (χ1n) is 9.02. The van der Waals surface area contributed by atoms with E-state index in [0.717, 1.165) is 28.1 Å². The van der Waals surface area contributed by atoms with Crippen LogP contribution in [0.1, 0.15) is 54.0 Å². The monoisotopic (exact) mass is 361 g/mol. The maximum Gasteiger partial charge on any atom is 0.270 e. The summed E-state index contributed by atoms with van der Waals surface area (Å²) in [5, 5.41) is 10.4. The summed E-state index contributed by atoms with van der Waals surface area (Å²) in [4.78, 5) is 12.4. The van der Waals surface area contributed by atoms with E-state index in [1.807, 2.05) is 24.3 Å². The summed E-state index contributed by atoms with van der Waals surface area (Å²) in [5.41, 5.74) is 5.49. The van der Waals surface area contributed by atoms with Crippen LogP contribution in [0.5, 0.6) is 5.75 Å². The molecule has 0 bridgehead atoms. The molecule has 4 rings (SSSR count). The number of rotatable bonds is 3. The number of ether oxygens (including phenoxy) is 1. The second-order valence-corrected chi connectivity index (χ2v) is 7.87. The van der Waals surface area contributed by atoms with Gasteiger partial charge in [0, 0.05) is 11.1 Å². The van der Waals surface area contributed by atoms with E-state index in [-0.39, 0.29) is 17.4 Å². The van der Waals surface area contributed by atoms with Gasteiger partial charge in [0.1, 0.15) is 11.4 Å². The van der Waals surface area contributed by atoms with Crippen molar-refractivity contribution >= 4 is 5.91 Å². The number of fused-ring (bicyclic) bond motifs is 1. The Morgan fingerprint density at radius 3 is 2.48 bits per heavy atom. The number of methoxy groups -OCH3 is 1. The van der Waals surface area contributed by atoms with E-state index in [1.54, 1.807) is 7.11 Å². The van der Waals surface area contributed by atoms with E-state index in [9.17, 15) is 4.79 Å². The first-order chi connectivity index (χ1) is 12.9. The summed E-state index contributed by atoms with van der Waals surface area (Å²) in [7, 11) is 1.64. The number of amides is 1. The third kappa shape index (κ3) is 2.99. The van der Waals surface area contributed by atoms with E-state index in [2.05, 4.69) is 60.6 Å². The maximum absolute atomic E-state index is 12.4. The Morgan fingerprint density at radius 1 is 1.07 bits per heavy atom. The Kier molecular flexibility index (Phi) is 4.02. The van der Waals surface area contributed by atoms with Gasteiger partial charge in [-0.1, -0.05) is 57.2 Å². The summed E-state index contributed by atoms with van der Waals surface area (Å²) in [6.45, 7) is 6.57. The molecule has 0 fully saturated rings. The Balaban J connectivity index is 1.77. The average Bonchev–Trinajstić information content (AvgIpc) is 3.23. The third-order valence-electron chi connectivity index (χ3n) is 5.05. The van der Waals surface area contributed by atoms with E-state index in [4.69, 9.17) is 4.74 Å². The molecular formula is C22H23N3O2. The van der Waals surface area contributed by atoms with Crippen molar-refractivity contribution in [3.63, 3.8) is 0 Å². The molecule has 0 saturated heterocycles. The van der Waals surface area contributed by atoms with Crippen LogP contribution in [0.3, 0.4) is 0 Å². The minimum atomic E-state index is -0.221. The summed E-state index contributed by atoms with van der Waals surface area (Å²) in [5.74, 6) is 0.629. The first-order valence-corrected chi connectivity index (χ1v) is 9.02. The topological polar surface area (TPSA) is 67.0 Å². The zero-order valence-corrected chi connectivity index (χ0v) is 16.0. The van der Waals surface area contributed by atoms with E-state index >= 15 is 0 Å². The highest BCUT2D eigenvalue weighted by atomic mass is 16.5. The van der Waals surface area contributed by atoms with Gasteiger partial charge in [0.05, 0.1) is 18.8 Å². The van der Waals surface area contributed by atoms with Gasteiger partial charge in [0.2, 0.25) is 0 Å². The minimum absolute atomic E-state index is 0.0873. The van der Waals surface area contributed by atoms with Crippen molar-refractivity contribution in [3.05, 3.63) is 70.9 Å². The molecule has 2 aromatic carbocycles. The Hall–Kier alpha value is -3.08. The second-order valence-electron chi connectivity index (χ2n) is 7.87. The molecule has 5 heteroatoms. The third-order valence-corrected chi connectivity index (χ3v) is 5.05. The number of benzene rings is 2. The average molecular weight is 361 g/mol. The lowest BCUT2D eigenvalue weighted by atomic mass is 9.86. The lowest BCUT2D eigenvalue weighted by molar-refractivity contribution is 0.0955. The molecule has 2 N–H and O–H groups in total. The van der Waals surface area contributed by atoms with Crippen molar-refractivity contribution in [2.75, 3.05) is 7.11 Å². The normalized spacial score (nSPS) is 16.1. The van der Waals surface area contributed by atoms with Gasteiger partial charge >= 0.3 is 0 Å². The molecule has 0 aliphatic carbocycles. The molecule has 138 valence electrons. The molecule has 0 unspecified atom stereocenters. The van der Waals surface area contributed by atoms with Gasteiger partial charge in [0.25, 0.3) is 5.91 Å². The number of nitrogens with one attached hydrogen (secondary N) is 2. The number of hydrogen-bond acceptors (Lipinski definition) is 3. The van der Waals surface area contributed by atoms with Crippen LogP contribution in [-0.4, -0.2) is 23.2 Å². The highest BCUT2D eigenvalue weighted by Gasteiger charge is 2.35. The van der Waals surface area contributed by atoms with Crippen LogP contribution in [-0.2, 0) is 5.41 Å². The van der Waals surface area contributed by atoms with E-state index in [1.165, 1.54) is 5.56 Å². The fraction of sp³-hybridized carbons (Fsp3) is 0.273. The molecule has 1 aliphatic heterocycles. The summed E-state index contributed by atoms with van der Waals surface area (Å²) in [6.07, 6.45) is 0. The fourth-order valence-electron chi connectivity index (χ4n) is 3.50. The summed E-state index contributed by atoms with van der Waals surface area (Å²) in [6, 6.07) is 15.9. The van der Waals surface area contributed by atoms with Gasteiger partial charge in [-0.3, -0.25) is 9.89 Å². The molecule has 5 nitrogen and oxygen atoms in total. The molecule has 0 spiro atoms. The van der Waals surface area contributed by atoms with Crippen LogP contribution >= 0.6 is 0 Å². The van der Waals surface area contributed by atoms with Crippen molar-refractivity contribution in [2.24, 2.45) is 0 Å². The number of hydrogen-bond donors (Lipinski definition) is 2. The zero-order valence-electron chi connectivity index (χ0n) is 16.0. The largest absolute Gasteiger partial charge is 0.497 e. The van der Waals surface area contributed by atoms with Crippen molar-refractivity contribution in [1.29, 1.82) is 0 Å². The lowest BCUT2D eigenvalue weighted by Gasteiger charge is -2.20. The standard InChI is InChI=1S/C22H23N3O2/c1-22(2,3)15-10-8-13(9-11-15)18-17-19(24-25-20(17)21(26)23-18)14-6-5-7-16(12-14)27-4/h5-12,18H,1-4H3,(H,23,26)(H,24,25)/t18-/m1/s1. The molecule has 1 aromatic heterocycles. The molecule has 3 aromatic rings. The van der Waals surface area contributed by atoms with Gasteiger partial charge < -0.3 is 10.1 Å². The van der Waals surface area contributed by atoms with Crippen LogP contribution in [0.25, 0.3) is 11.3 Å². The summed E-state index contributed by atoms with van der Waals surface area (Å²) < 4.78 is 5.33. The van der Waals surface area contributed by atoms with E-state index < -0.39 is 0 Å². The van der Waals surface area contributed by atoms with Crippen LogP contribution in [0.15, 0.2) is 48.5 Å². The lowest BCUT2D eigenvalue weighted by Crippen LogP contribution is -2.21. The van der Waals surface area contributed by atoms with Gasteiger partial charge in [-0.2, -0.15) is 5.10 Å². The van der Waals surface area contributed by atoms with Crippen molar-refractivity contribution in [1.82, 2.24) is 15.5 Å². The number of H-pyrrole nitrogens is 1. The van der Waals surface area contributed by atoms with Gasteiger partial charge in [-0.25, -0.2) is 0 Å². The number of aromatic nitrogens is 2. The molecule has 1 aliphatic rings. The molecule has 27 heavy (non-hydrogen) atoms. The number of nitrogens with zero attached hydrogens (tertiary/aromatic N) is 1. The Morgan fingerprint density at radius 2 is 1.81 bits per heavy atom. The molecule has 0 radical (unpaired) electrons. The SMILES string of the molecule is COc1cccc(-c2n[nH]c3c2[C@@H](c2ccc(C(C)(C)C)cc2)NC3=O)c1. The van der Waals surface area contributed by atoms with Gasteiger partial charge in [-0.15, -0.1) is 0 Å². The van der Waals surface area contributed by atoms with Crippen LogP contribution in [0.4, 0.5) is 0 Å². The maximum atomic E-state index is 12.4. The second kappa shape index (κ2) is 6.27. The molecule has 0 saturated carbocycles. The minimum Gasteiger partial charge on any atom is -0.497 e. The number of aromatic amines is 1. The Labute approximate surface area is 158 Å². The molecule has 1 atom stereocenters. The Bertz CT molecular complexity index is 997. The smallest absolute Gasteiger partial charge is 0.270 e. The first kappa shape index (κ1) is 17.3. The highest BCUT2D eigenvalue weighted by Crippen LogP contribution is 2.38. The van der Waals surface area contributed by atoms with Crippen molar-refractivity contribution in [3.8, 4) is 17.0 Å². The van der Waals surface area contributed by atoms with Crippen LogP contribution < -0.4 is 10.1 Å². The molecule has 2 heterocycles. The number of carbonyl (C=O) groups excluding carboxylic acids is 1. The zero-order chi connectivity index (χ0) is 19.2. The van der Waals surface area contributed by atoms with Crippen molar-refractivity contribution < 1.29 is 9.53 Å². The van der Waals surface area contributed by atoms with Crippen molar-refractivity contribution in [2.45, 2.75) is 32.2 Å². The van der Waals surface area contributed by atoms with Crippen LogP contribution in [0, 0.1) is 0 Å². The van der Waals surface area contributed by atoms with E-state index in [0.29, 0.717) is 5.69 Å². The summed E-state index contributed by atoms with van der Waals surface area (Å²) >= 11 is 0. The fourth-order valence-corrected chi connectivity index (χ4v) is 3.50. The molecule has 1 amide bonds. The molecular weight excluding hydrogens is 338 g/mol. The predicted octanol–water partition coefficient (Wildman–Crippen LogP) is 4.22. The van der Waals surface area contributed by atoms with Gasteiger partial charge in [-0.05, 0) is 28.7 Å². The predicted molar refractivity (Wildman–Crippen MR) is 105 cm³/mol. The van der Waals surface area contributed by atoms with Gasteiger partial charge in [0.15, 0.2) is 0 Å². The quantitative estimate of drug-likeness (QED) is 0.734. The van der Waals surface area contributed by atoms with Crippen LogP contribution in [0.2, 0.25) is 0 Å². The highest BCUT2D eigenvalue weighted by molar-refractivity contribution is 6.00.